The number of benzene rings is 2. The maximum Gasteiger partial charge on any atom is 0.340 e. The number of rotatable bonds is 7. The molecular weight excluding hydrogens is 456 g/mol. The number of nitrogens with zero attached hydrogens (tertiary/aromatic N) is 1. The lowest BCUT2D eigenvalue weighted by Crippen LogP contribution is -3.00. The van der Waals surface area contributed by atoms with Gasteiger partial charge in [0.25, 0.3) is 5.91 Å². The number of halogens is 2. The average molecular weight is 482 g/mol. The zero-order valence-electron chi connectivity index (χ0n) is 16.5. The largest absolute Gasteiger partial charge is 1.00 e. The maximum absolute atomic E-state index is 12.9. The van der Waals surface area contributed by atoms with Gasteiger partial charge in [-0.3, -0.25) is 4.79 Å². The van der Waals surface area contributed by atoms with Gasteiger partial charge in [0.15, 0.2) is 6.54 Å². The monoisotopic (exact) mass is 480 g/mol. The van der Waals surface area contributed by atoms with E-state index in [2.05, 4.69) is 17.4 Å². The van der Waals surface area contributed by atoms with Gasteiger partial charge in [0.2, 0.25) is 0 Å². The van der Waals surface area contributed by atoms with Gasteiger partial charge in [-0.2, -0.15) is 0 Å². The van der Waals surface area contributed by atoms with E-state index in [1.165, 1.54) is 5.56 Å². The van der Waals surface area contributed by atoms with Crippen molar-refractivity contribution in [2.45, 2.75) is 26.3 Å². The summed E-state index contributed by atoms with van der Waals surface area (Å²) in [7, 11) is 0. The highest BCUT2D eigenvalue weighted by molar-refractivity contribution is 6.34. The van der Waals surface area contributed by atoms with Gasteiger partial charge in [-0.05, 0) is 19.1 Å². The molecule has 0 saturated carbocycles. The van der Waals surface area contributed by atoms with Crippen LogP contribution in [0.4, 0.5) is 5.69 Å². The smallest absolute Gasteiger partial charge is 0.340 e. The molecular formula is C22H26BrClN2O3. The summed E-state index contributed by atoms with van der Waals surface area (Å²) in [6.45, 7) is 5.11. The SMILES string of the molecule is CCOC(=O)c1cccc(Cl)c1NC(=O)C[N+]1(Cc2ccccc2)CCCC1.[Br-]. The highest BCUT2D eigenvalue weighted by atomic mass is 79.9. The third-order valence-corrected chi connectivity index (χ3v) is 5.44. The van der Waals surface area contributed by atoms with E-state index in [4.69, 9.17) is 16.3 Å². The van der Waals surface area contributed by atoms with Crippen molar-refractivity contribution < 1.29 is 35.8 Å². The van der Waals surface area contributed by atoms with Crippen molar-refractivity contribution in [3.05, 3.63) is 64.7 Å². The molecule has 1 amide bonds. The lowest BCUT2D eigenvalue weighted by Gasteiger charge is -2.33. The summed E-state index contributed by atoms with van der Waals surface area (Å²) in [6, 6.07) is 15.2. The van der Waals surface area contributed by atoms with Crippen molar-refractivity contribution in [2.75, 3.05) is 31.6 Å². The normalized spacial score (nSPS) is 14.7. The first-order valence-corrected chi connectivity index (χ1v) is 10.1. The first-order chi connectivity index (χ1) is 13.5. The molecule has 1 aliphatic heterocycles. The fraction of sp³-hybridized carbons (Fsp3) is 0.364. The Kier molecular flexibility index (Phi) is 8.68. The van der Waals surface area contributed by atoms with Crippen LogP contribution in [-0.2, 0) is 16.1 Å². The summed E-state index contributed by atoms with van der Waals surface area (Å²) in [5.41, 5.74) is 1.82. The second kappa shape index (κ2) is 10.8. The number of para-hydroxylation sites is 1. The van der Waals surface area contributed by atoms with Crippen LogP contribution in [0.1, 0.15) is 35.7 Å². The Morgan fingerprint density at radius 2 is 1.76 bits per heavy atom. The predicted molar refractivity (Wildman–Crippen MR) is 110 cm³/mol. The van der Waals surface area contributed by atoms with E-state index < -0.39 is 5.97 Å². The van der Waals surface area contributed by atoms with Gasteiger partial charge in [0.05, 0.1) is 36.0 Å². The van der Waals surface area contributed by atoms with Gasteiger partial charge in [0.1, 0.15) is 6.54 Å². The number of carbonyl (C=O) groups excluding carboxylic acids is 2. The van der Waals surface area contributed by atoms with Gasteiger partial charge in [0, 0.05) is 18.4 Å². The van der Waals surface area contributed by atoms with E-state index in [1.807, 2.05) is 18.2 Å². The van der Waals surface area contributed by atoms with E-state index >= 15 is 0 Å². The minimum atomic E-state index is -0.491. The minimum absolute atomic E-state index is 0. The van der Waals surface area contributed by atoms with Crippen LogP contribution in [0.3, 0.4) is 0 Å². The molecule has 1 N–H and O–H groups in total. The molecule has 1 fully saturated rings. The van der Waals surface area contributed by atoms with Crippen LogP contribution >= 0.6 is 11.6 Å². The number of hydrogen-bond donors (Lipinski definition) is 1. The third-order valence-electron chi connectivity index (χ3n) is 5.13. The number of nitrogens with one attached hydrogen (secondary N) is 1. The van der Waals surface area contributed by atoms with Gasteiger partial charge in [-0.25, -0.2) is 4.79 Å². The van der Waals surface area contributed by atoms with Gasteiger partial charge >= 0.3 is 5.97 Å². The lowest BCUT2D eigenvalue weighted by molar-refractivity contribution is -0.922. The maximum atomic E-state index is 12.9. The Bertz CT molecular complexity index is 839. The number of likely N-dealkylation sites (tertiary alicyclic amines) is 1. The van der Waals surface area contributed by atoms with E-state index in [-0.39, 0.29) is 35.1 Å². The number of carbonyl (C=O) groups is 2. The molecule has 0 atom stereocenters. The van der Waals surface area contributed by atoms with Crippen molar-refractivity contribution in [1.29, 1.82) is 0 Å². The Morgan fingerprint density at radius 3 is 2.41 bits per heavy atom. The number of hydrogen-bond acceptors (Lipinski definition) is 3. The molecule has 1 saturated heterocycles. The standard InChI is InChI=1S/C22H25ClN2O3.BrH/c1-2-28-22(27)18-11-8-12-19(23)21(18)24-20(26)16-25(13-6-7-14-25)15-17-9-4-3-5-10-17;/h3-5,8-12H,2,6-7,13-16H2,1H3;1H. The Morgan fingerprint density at radius 1 is 1.07 bits per heavy atom. The first-order valence-electron chi connectivity index (χ1n) is 9.67. The molecule has 1 heterocycles. The molecule has 1 aliphatic rings. The second-order valence-electron chi connectivity index (χ2n) is 7.23. The number of amides is 1. The number of anilines is 1. The molecule has 0 radical (unpaired) electrons. The van der Waals surface area contributed by atoms with Crippen LogP contribution in [-0.4, -0.2) is 42.6 Å². The molecule has 156 valence electrons. The summed E-state index contributed by atoms with van der Waals surface area (Å²) in [6.07, 6.45) is 2.22. The van der Waals surface area contributed by atoms with Crippen LogP contribution in [0.2, 0.25) is 5.02 Å². The number of esters is 1. The molecule has 5 nitrogen and oxygen atoms in total. The van der Waals surface area contributed by atoms with Crippen molar-refractivity contribution in [3.8, 4) is 0 Å². The van der Waals surface area contributed by atoms with E-state index in [0.717, 1.165) is 37.0 Å². The van der Waals surface area contributed by atoms with Crippen LogP contribution in [0.25, 0.3) is 0 Å². The quantitative estimate of drug-likeness (QED) is 0.479. The van der Waals surface area contributed by atoms with Gasteiger partial charge in [-0.15, -0.1) is 0 Å². The molecule has 0 spiro atoms. The molecule has 0 unspecified atom stereocenters. The third kappa shape index (κ3) is 6.04. The summed E-state index contributed by atoms with van der Waals surface area (Å²) in [5.74, 6) is -0.633. The number of ether oxygens (including phenoxy) is 1. The molecule has 0 bridgehead atoms. The zero-order chi connectivity index (χ0) is 20.0. The molecule has 29 heavy (non-hydrogen) atoms. The molecule has 0 aliphatic carbocycles. The molecule has 2 aromatic carbocycles. The van der Waals surface area contributed by atoms with E-state index in [0.29, 0.717) is 17.3 Å². The van der Waals surface area contributed by atoms with Gasteiger partial charge in [-0.1, -0.05) is 48.0 Å². The Balaban J connectivity index is 0.00000300. The second-order valence-corrected chi connectivity index (χ2v) is 7.64. The molecule has 3 rings (SSSR count). The summed E-state index contributed by atoms with van der Waals surface area (Å²) < 4.78 is 5.80. The molecule has 0 aromatic heterocycles. The fourth-order valence-electron chi connectivity index (χ4n) is 3.86. The average Bonchev–Trinajstić information content (AvgIpc) is 3.12. The van der Waals surface area contributed by atoms with Gasteiger partial charge < -0.3 is 31.5 Å². The van der Waals surface area contributed by atoms with E-state index in [1.54, 1.807) is 25.1 Å². The van der Waals surface area contributed by atoms with Crippen LogP contribution in [0, 0.1) is 0 Å². The van der Waals surface area contributed by atoms with Crippen LogP contribution in [0.5, 0.6) is 0 Å². The summed E-state index contributed by atoms with van der Waals surface area (Å²) in [5, 5.41) is 3.20. The van der Waals surface area contributed by atoms with E-state index in [9.17, 15) is 9.59 Å². The summed E-state index contributed by atoms with van der Waals surface area (Å²) in [4.78, 5) is 25.1. The summed E-state index contributed by atoms with van der Waals surface area (Å²) >= 11 is 6.27. The Hall–Kier alpha value is -1.89. The topological polar surface area (TPSA) is 55.4 Å². The van der Waals surface area contributed by atoms with Crippen LogP contribution < -0.4 is 22.3 Å². The van der Waals surface area contributed by atoms with Crippen molar-refractivity contribution in [3.63, 3.8) is 0 Å². The van der Waals surface area contributed by atoms with Crippen LogP contribution in [0.15, 0.2) is 48.5 Å². The van der Waals surface area contributed by atoms with Crippen molar-refractivity contribution in [2.24, 2.45) is 0 Å². The molecule has 2 aromatic rings. The number of quaternary nitrogens is 1. The minimum Gasteiger partial charge on any atom is -1.00 e. The fourth-order valence-corrected chi connectivity index (χ4v) is 4.08. The first kappa shape index (κ1) is 23.4. The Labute approximate surface area is 187 Å². The highest BCUT2D eigenvalue weighted by Gasteiger charge is 2.35. The zero-order valence-corrected chi connectivity index (χ0v) is 18.8. The van der Waals surface area contributed by atoms with Crippen molar-refractivity contribution in [1.82, 2.24) is 0 Å². The molecule has 7 heteroatoms. The predicted octanol–water partition coefficient (Wildman–Crippen LogP) is 1.27. The van der Waals surface area contributed by atoms with Crippen molar-refractivity contribution >= 4 is 29.2 Å². The lowest BCUT2D eigenvalue weighted by atomic mass is 10.1. The highest BCUT2D eigenvalue weighted by Crippen LogP contribution is 2.28.